The lowest BCUT2D eigenvalue weighted by molar-refractivity contribution is 0.0940. The van der Waals surface area contributed by atoms with Crippen molar-refractivity contribution in [3.8, 4) is 22.4 Å². The molecule has 5 aromatic rings. The first kappa shape index (κ1) is 21.5. The summed E-state index contributed by atoms with van der Waals surface area (Å²) in [6.45, 7) is 1.95. The minimum absolute atomic E-state index is 0.225. The van der Waals surface area contributed by atoms with Gasteiger partial charge in [-0.15, -0.1) is 0 Å². The molecule has 0 aliphatic rings. The Morgan fingerprint density at radius 3 is 2.44 bits per heavy atom. The van der Waals surface area contributed by atoms with Crippen LogP contribution < -0.4 is 5.32 Å². The number of benzene rings is 3. The third-order valence-electron chi connectivity index (χ3n) is 5.85. The lowest BCUT2D eigenvalue weighted by Crippen LogP contribution is -2.27. The predicted octanol–water partition coefficient (Wildman–Crippen LogP) is 6.59. The molecule has 1 amide bonds. The van der Waals surface area contributed by atoms with Gasteiger partial charge in [-0.05, 0) is 65.2 Å². The number of nitrogens with zero attached hydrogens (tertiary/aromatic N) is 2. The second kappa shape index (κ2) is 9.24. The zero-order valence-corrected chi connectivity index (χ0v) is 18.6. The van der Waals surface area contributed by atoms with E-state index in [1.54, 1.807) is 42.9 Å². The molecule has 5 rings (SSSR count). The summed E-state index contributed by atoms with van der Waals surface area (Å²) in [6.07, 6.45) is 5.00. The first-order valence-corrected chi connectivity index (χ1v) is 11.0. The fourth-order valence-corrected chi connectivity index (χ4v) is 4.03. The summed E-state index contributed by atoms with van der Waals surface area (Å²) < 4.78 is 13.8. The molecular formula is C29H22FN3O. The van der Waals surface area contributed by atoms with Gasteiger partial charge in [0.2, 0.25) is 0 Å². The van der Waals surface area contributed by atoms with Crippen LogP contribution >= 0.6 is 0 Å². The Kier molecular flexibility index (Phi) is 5.83. The highest BCUT2D eigenvalue weighted by molar-refractivity contribution is 6.01. The van der Waals surface area contributed by atoms with Crippen molar-refractivity contribution < 1.29 is 9.18 Å². The maximum absolute atomic E-state index is 13.8. The Labute approximate surface area is 197 Å². The molecule has 34 heavy (non-hydrogen) atoms. The van der Waals surface area contributed by atoms with Crippen molar-refractivity contribution in [2.75, 3.05) is 0 Å². The number of rotatable bonds is 5. The van der Waals surface area contributed by atoms with Crippen LogP contribution in [0.5, 0.6) is 0 Å². The maximum atomic E-state index is 13.8. The highest BCUT2D eigenvalue weighted by atomic mass is 19.1. The molecule has 0 bridgehead atoms. The smallest absolute Gasteiger partial charge is 0.253 e. The third kappa shape index (κ3) is 4.41. The van der Waals surface area contributed by atoms with Crippen LogP contribution in [0, 0.1) is 5.82 Å². The number of carbonyl (C=O) groups is 1. The number of aromatic nitrogens is 2. The average molecular weight is 448 g/mol. The molecule has 1 atom stereocenters. The summed E-state index contributed by atoms with van der Waals surface area (Å²) >= 11 is 0. The van der Waals surface area contributed by atoms with Crippen molar-refractivity contribution in [3.63, 3.8) is 0 Å². The minimum atomic E-state index is -0.343. The molecule has 4 nitrogen and oxygen atoms in total. The van der Waals surface area contributed by atoms with E-state index in [-0.39, 0.29) is 17.8 Å². The zero-order chi connectivity index (χ0) is 23.5. The zero-order valence-electron chi connectivity index (χ0n) is 18.6. The normalized spacial score (nSPS) is 11.8. The summed E-state index contributed by atoms with van der Waals surface area (Å²) in [5.41, 5.74) is 3.98. The SMILES string of the molecule is C[C@@H](NC(=O)c1cc(-c2cccc(F)c2)cnc1-c1cccnc1)c1ccc2ccccc2c1. The van der Waals surface area contributed by atoms with E-state index in [4.69, 9.17) is 0 Å². The first-order chi connectivity index (χ1) is 16.6. The van der Waals surface area contributed by atoms with Gasteiger partial charge < -0.3 is 5.32 Å². The Morgan fingerprint density at radius 1 is 0.824 bits per heavy atom. The highest BCUT2D eigenvalue weighted by Gasteiger charge is 2.19. The molecule has 3 aromatic carbocycles. The van der Waals surface area contributed by atoms with Crippen LogP contribution in [-0.2, 0) is 0 Å². The highest BCUT2D eigenvalue weighted by Crippen LogP contribution is 2.28. The van der Waals surface area contributed by atoms with Crippen LogP contribution in [0.25, 0.3) is 33.2 Å². The number of amides is 1. The van der Waals surface area contributed by atoms with Crippen molar-refractivity contribution in [2.24, 2.45) is 0 Å². The molecule has 0 saturated carbocycles. The largest absolute Gasteiger partial charge is 0.345 e. The molecule has 0 unspecified atom stereocenters. The topological polar surface area (TPSA) is 54.9 Å². The van der Waals surface area contributed by atoms with Gasteiger partial charge in [0.1, 0.15) is 5.82 Å². The van der Waals surface area contributed by atoms with E-state index in [9.17, 15) is 9.18 Å². The Hall–Kier alpha value is -4.38. The molecule has 166 valence electrons. The fraction of sp³-hybridized carbons (Fsp3) is 0.0690. The van der Waals surface area contributed by atoms with Gasteiger partial charge in [-0.1, -0.05) is 48.5 Å². The van der Waals surface area contributed by atoms with Gasteiger partial charge in [0.15, 0.2) is 0 Å². The van der Waals surface area contributed by atoms with Crippen LogP contribution in [0.4, 0.5) is 4.39 Å². The monoisotopic (exact) mass is 447 g/mol. The second-order valence-electron chi connectivity index (χ2n) is 8.17. The predicted molar refractivity (Wildman–Crippen MR) is 133 cm³/mol. The van der Waals surface area contributed by atoms with Gasteiger partial charge in [0, 0.05) is 29.7 Å². The van der Waals surface area contributed by atoms with E-state index in [1.165, 1.54) is 12.1 Å². The Bertz CT molecular complexity index is 1480. The van der Waals surface area contributed by atoms with Crippen molar-refractivity contribution in [1.29, 1.82) is 0 Å². The summed E-state index contributed by atoms with van der Waals surface area (Å²) in [6, 6.07) is 25.7. The van der Waals surface area contributed by atoms with Crippen LogP contribution in [0.2, 0.25) is 0 Å². The number of hydrogen-bond donors (Lipinski definition) is 1. The minimum Gasteiger partial charge on any atom is -0.345 e. The fourth-order valence-electron chi connectivity index (χ4n) is 4.03. The summed E-state index contributed by atoms with van der Waals surface area (Å²) in [4.78, 5) is 22.2. The number of hydrogen-bond acceptors (Lipinski definition) is 3. The van der Waals surface area contributed by atoms with E-state index < -0.39 is 0 Å². The van der Waals surface area contributed by atoms with Crippen molar-refractivity contribution in [3.05, 3.63) is 120 Å². The number of nitrogens with one attached hydrogen (secondary N) is 1. The summed E-state index contributed by atoms with van der Waals surface area (Å²) in [7, 11) is 0. The van der Waals surface area contributed by atoms with Gasteiger partial charge in [-0.3, -0.25) is 14.8 Å². The second-order valence-corrected chi connectivity index (χ2v) is 8.17. The Morgan fingerprint density at radius 2 is 1.65 bits per heavy atom. The van der Waals surface area contributed by atoms with Gasteiger partial charge in [0.05, 0.1) is 17.3 Å². The molecular weight excluding hydrogens is 425 g/mol. The van der Waals surface area contributed by atoms with Crippen molar-refractivity contribution >= 4 is 16.7 Å². The number of fused-ring (bicyclic) bond motifs is 1. The van der Waals surface area contributed by atoms with Crippen molar-refractivity contribution in [1.82, 2.24) is 15.3 Å². The Balaban J connectivity index is 1.51. The molecule has 0 aliphatic heterocycles. The van der Waals surface area contributed by atoms with Crippen LogP contribution in [-0.4, -0.2) is 15.9 Å². The molecule has 0 radical (unpaired) electrons. The van der Waals surface area contributed by atoms with Crippen molar-refractivity contribution in [2.45, 2.75) is 13.0 Å². The molecule has 5 heteroatoms. The van der Waals surface area contributed by atoms with E-state index in [1.807, 2.05) is 31.2 Å². The van der Waals surface area contributed by atoms with Gasteiger partial charge in [-0.2, -0.15) is 0 Å². The molecule has 0 fully saturated rings. The summed E-state index contributed by atoms with van der Waals surface area (Å²) in [5.74, 6) is -0.602. The molecule has 2 aromatic heterocycles. The van der Waals surface area contributed by atoms with Crippen LogP contribution in [0.1, 0.15) is 28.9 Å². The number of carbonyl (C=O) groups excluding carboxylic acids is 1. The van der Waals surface area contributed by atoms with Gasteiger partial charge in [-0.25, -0.2) is 4.39 Å². The average Bonchev–Trinajstić information content (AvgIpc) is 2.88. The quantitative estimate of drug-likeness (QED) is 0.330. The molecule has 0 spiro atoms. The molecule has 0 saturated heterocycles. The molecule has 1 N–H and O–H groups in total. The van der Waals surface area contributed by atoms with Crippen LogP contribution in [0.15, 0.2) is 104 Å². The lowest BCUT2D eigenvalue weighted by Gasteiger charge is -2.17. The van der Waals surface area contributed by atoms with Crippen LogP contribution in [0.3, 0.4) is 0 Å². The number of halogens is 1. The summed E-state index contributed by atoms with van der Waals surface area (Å²) in [5, 5.41) is 5.37. The lowest BCUT2D eigenvalue weighted by atomic mass is 9.99. The molecule has 2 heterocycles. The van der Waals surface area contributed by atoms with E-state index in [0.717, 1.165) is 21.9 Å². The standard InChI is InChI=1S/C29H22FN3O/c1-19(21-12-11-20-6-2-3-7-22(20)14-21)33-29(34)27-16-25(23-8-4-10-26(30)15-23)18-32-28(27)24-9-5-13-31-17-24/h2-19H,1H3,(H,33,34)/t19-/m1/s1. The van der Waals surface area contributed by atoms with Gasteiger partial charge in [0.25, 0.3) is 5.91 Å². The van der Waals surface area contributed by atoms with E-state index >= 15 is 0 Å². The third-order valence-corrected chi connectivity index (χ3v) is 5.85. The number of pyridine rings is 2. The molecule has 0 aliphatic carbocycles. The first-order valence-electron chi connectivity index (χ1n) is 11.0. The van der Waals surface area contributed by atoms with E-state index in [0.29, 0.717) is 22.4 Å². The maximum Gasteiger partial charge on any atom is 0.253 e. The van der Waals surface area contributed by atoms with E-state index in [2.05, 4.69) is 39.6 Å². The van der Waals surface area contributed by atoms with Gasteiger partial charge >= 0.3 is 0 Å².